The highest BCUT2D eigenvalue weighted by atomic mass is 127. The summed E-state index contributed by atoms with van der Waals surface area (Å²) in [5.41, 5.74) is 0.996. The summed E-state index contributed by atoms with van der Waals surface area (Å²) in [5.74, 6) is 0. The number of aromatic nitrogens is 1. The van der Waals surface area contributed by atoms with Crippen molar-refractivity contribution in [1.29, 1.82) is 0 Å². The first-order valence-electron chi connectivity index (χ1n) is 5.16. The molecule has 6 heteroatoms. The van der Waals surface area contributed by atoms with Crippen molar-refractivity contribution in [2.45, 2.75) is 11.8 Å². The molecule has 2 rings (SSSR count). The quantitative estimate of drug-likeness (QED) is 0.605. The lowest BCUT2D eigenvalue weighted by Crippen LogP contribution is -2.45. The maximum atomic E-state index is 12.0. The fourth-order valence-electron chi connectivity index (χ4n) is 1.31. The minimum absolute atomic E-state index is 0.138. The van der Waals surface area contributed by atoms with E-state index < -0.39 is 10.1 Å². The smallest absolute Gasteiger partial charge is 0.176 e. The molecule has 0 radical (unpaired) electrons. The molecular formula is C12H11INO3S+. The van der Waals surface area contributed by atoms with E-state index >= 15 is 0 Å². The van der Waals surface area contributed by atoms with Crippen molar-refractivity contribution in [1.82, 2.24) is 0 Å². The zero-order valence-corrected chi connectivity index (χ0v) is 12.6. The summed E-state index contributed by atoms with van der Waals surface area (Å²) < 4.78 is 31.0. The van der Waals surface area contributed by atoms with Gasteiger partial charge in [0, 0.05) is 20.4 Å². The molecule has 1 heterocycles. The van der Waals surface area contributed by atoms with Gasteiger partial charge in [-0.05, 0) is 41.6 Å². The molecule has 94 valence electrons. The van der Waals surface area contributed by atoms with Gasteiger partial charge >= 0.3 is 10.1 Å². The number of nitrogens with zero attached hydrogens (tertiary/aromatic N) is 1. The second-order valence-corrected chi connectivity index (χ2v) is 6.49. The van der Waals surface area contributed by atoms with Gasteiger partial charge in [-0.1, -0.05) is 17.7 Å². The fraction of sp³-hybridized carbons (Fsp3) is 0.0833. The Bertz CT molecular complexity index is 636. The van der Waals surface area contributed by atoms with Crippen LogP contribution in [-0.4, -0.2) is 8.42 Å². The Morgan fingerprint density at radius 2 is 1.61 bits per heavy atom. The van der Waals surface area contributed by atoms with Gasteiger partial charge < -0.3 is 0 Å². The molecule has 0 spiro atoms. The molecule has 0 aliphatic rings. The lowest BCUT2D eigenvalue weighted by Gasteiger charge is -2.00. The molecule has 0 bridgehead atoms. The summed E-state index contributed by atoms with van der Waals surface area (Å²) >= 11 is 2.13. The Hall–Kier alpha value is -1.15. The summed E-state index contributed by atoms with van der Waals surface area (Å²) in [6, 6.07) is 10.0. The van der Waals surface area contributed by atoms with Crippen LogP contribution in [0.4, 0.5) is 0 Å². The first kappa shape index (κ1) is 13.3. The zero-order chi connectivity index (χ0) is 13.2. The first-order chi connectivity index (χ1) is 8.47. The van der Waals surface area contributed by atoms with E-state index in [-0.39, 0.29) is 4.90 Å². The standard InChI is InChI=1S/C12H11INO3S/c1-10-2-4-12(5-3-10)18(15,16)17-14-8-6-11(13)7-9-14/h2-9H,1H3/q+1. The third kappa shape index (κ3) is 3.20. The molecule has 0 aliphatic heterocycles. The number of rotatable bonds is 3. The van der Waals surface area contributed by atoms with Crippen LogP contribution in [0.1, 0.15) is 5.56 Å². The molecule has 0 fully saturated rings. The van der Waals surface area contributed by atoms with Crippen LogP contribution < -0.4 is 9.01 Å². The van der Waals surface area contributed by atoms with Crippen molar-refractivity contribution in [2.75, 3.05) is 0 Å². The summed E-state index contributed by atoms with van der Waals surface area (Å²) in [7, 11) is -3.78. The van der Waals surface area contributed by atoms with Crippen LogP contribution in [0, 0.1) is 10.5 Å². The van der Waals surface area contributed by atoms with E-state index in [1.807, 2.05) is 6.92 Å². The van der Waals surface area contributed by atoms with Gasteiger partial charge in [0.05, 0.1) is 0 Å². The second-order valence-electron chi connectivity index (χ2n) is 3.72. The van der Waals surface area contributed by atoms with Crippen molar-refractivity contribution in [3.8, 4) is 0 Å². The summed E-state index contributed by atoms with van der Waals surface area (Å²) in [5, 5.41) is 0. The number of aryl methyl sites for hydroxylation is 1. The van der Waals surface area contributed by atoms with Crippen molar-refractivity contribution in [2.24, 2.45) is 0 Å². The Morgan fingerprint density at radius 3 is 2.17 bits per heavy atom. The van der Waals surface area contributed by atoms with E-state index in [4.69, 9.17) is 4.28 Å². The number of hydrogen-bond donors (Lipinski definition) is 0. The summed E-state index contributed by atoms with van der Waals surface area (Å²) in [6.07, 6.45) is 3.10. The monoisotopic (exact) mass is 376 g/mol. The maximum Gasteiger partial charge on any atom is 0.396 e. The second kappa shape index (κ2) is 5.23. The molecule has 4 nitrogen and oxygen atoms in total. The van der Waals surface area contributed by atoms with Crippen LogP contribution in [0.25, 0.3) is 0 Å². The van der Waals surface area contributed by atoms with Gasteiger partial charge in [-0.3, -0.25) is 0 Å². The van der Waals surface area contributed by atoms with Crippen LogP contribution in [0.3, 0.4) is 0 Å². The molecule has 18 heavy (non-hydrogen) atoms. The summed E-state index contributed by atoms with van der Waals surface area (Å²) in [6.45, 7) is 1.89. The Kier molecular flexibility index (Phi) is 3.86. The molecule has 0 unspecified atom stereocenters. The van der Waals surface area contributed by atoms with E-state index in [1.54, 1.807) is 36.7 Å². The van der Waals surface area contributed by atoms with E-state index in [1.165, 1.54) is 12.1 Å². The predicted molar refractivity (Wildman–Crippen MR) is 74.3 cm³/mol. The molecule has 0 aliphatic carbocycles. The Labute approximate surface area is 119 Å². The van der Waals surface area contributed by atoms with Gasteiger partial charge in [0.25, 0.3) is 0 Å². The first-order valence-corrected chi connectivity index (χ1v) is 7.64. The van der Waals surface area contributed by atoms with Gasteiger partial charge in [0.1, 0.15) is 4.90 Å². The fourth-order valence-corrected chi connectivity index (χ4v) is 2.51. The highest BCUT2D eigenvalue weighted by molar-refractivity contribution is 14.1. The van der Waals surface area contributed by atoms with Crippen LogP contribution >= 0.6 is 22.6 Å². The van der Waals surface area contributed by atoms with Crippen molar-refractivity contribution in [3.05, 3.63) is 57.9 Å². The average molecular weight is 376 g/mol. The predicted octanol–water partition coefficient (Wildman–Crippen LogP) is 1.70. The summed E-state index contributed by atoms with van der Waals surface area (Å²) in [4.78, 5) is 0.138. The van der Waals surface area contributed by atoms with Gasteiger partial charge in [-0.2, -0.15) is 8.42 Å². The molecule has 0 N–H and O–H groups in total. The number of benzene rings is 1. The van der Waals surface area contributed by atoms with Crippen LogP contribution in [0.15, 0.2) is 53.7 Å². The van der Waals surface area contributed by atoms with Gasteiger partial charge in [0.2, 0.25) is 12.4 Å². The van der Waals surface area contributed by atoms with E-state index in [2.05, 4.69) is 22.6 Å². The van der Waals surface area contributed by atoms with Crippen molar-refractivity contribution >= 4 is 32.7 Å². The Morgan fingerprint density at radius 1 is 1.06 bits per heavy atom. The van der Waals surface area contributed by atoms with Gasteiger partial charge in [-0.25, -0.2) is 0 Å². The van der Waals surface area contributed by atoms with E-state index in [0.717, 1.165) is 13.9 Å². The highest BCUT2D eigenvalue weighted by Gasteiger charge is 2.21. The number of pyridine rings is 1. The lowest BCUT2D eigenvalue weighted by atomic mass is 10.2. The minimum Gasteiger partial charge on any atom is -0.176 e. The van der Waals surface area contributed by atoms with E-state index in [0.29, 0.717) is 0 Å². The van der Waals surface area contributed by atoms with Crippen molar-refractivity contribution < 1.29 is 17.4 Å². The maximum absolute atomic E-state index is 12.0. The molecular weight excluding hydrogens is 365 g/mol. The largest absolute Gasteiger partial charge is 0.396 e. The molecule has 0 amide bonds. The number of halogens is 1. The lowest BCUT2D eigenvalue weighted by molar-refractivity contribution is -0.856. The van der Waals surface area contributed by atoms with Crippen LogP contribution in [0.5, 0.6) is 0 Å². The molecule has 2 aromatic rings. The average Bonchev–Trinajstić information content (AvgIpc) is 2.32. The van der Waals surface area contributed by atoms with Gasteiger partial charge in [-0.15, -0.1) is 4.28 Å². The molecule has 0 saturated heterocycles. The highest BCUT2D eigenvalue weighted by Crippen LogP contribution is 2.10. The molecule has 0 atom stereocenters. The third-order valence-electron chi connectivity index (χ3n) is 2.26. The van der Waals surface area contributed by atoms with Gasteiger partial charge in [0.15, 0.2) is 0 Å². The normalized spacial score (nSPS) is 11.2. The van der Waals surface area contributed by atoms with Crippen LogP contribution in [-0.2, 0) is 10.1 Å². The third-order valence-corrected chi connectivity index (χ3v) is 4.19. The molecule has 1 aromatic carbocycles. The number of hydrogen-bond acceptors (Lipinski definition) is 3. The van der Waals surface area contributed by atoms with Crippen LogP contribution in [0.2, 0.25) is 0 Å². The topological polar surface area (TPSA) is 47.3 Å². The minimum atomic E-state index is -3.78. The van der Waals surface area contributed by atoms with Crippen molar-refractivity contribution in [3.63, 3.8) is 0 Å². The molecule has 0 saturated carbocycles. The SMILES string of the molecule is Cc1ccc(S(=O)(=O)O[n+]2ccc(I)cc2)cc1. The zero-order valence-electron chi connectivity index (χ0n) is 9.58. The molecule has 1 aromatic heterocycles. The van der Waals surface area contributed by atoms with E-state index in [9.17, 15) is 8.42 Å². The Balaban J connectivity index is 2.27.